The van der Waals surface area contributed by atoms with Crippen LogP contribution in [0.15, 0.2) is 10.7 Å². The van der Waals surface area contributed by atoms with E-state index in [0.717, 1.165) is 36.2 Å². The second-order valence-corrected chi connectivity index (χ2v) is 6.92. The van der Waals surface area contributed by atoms with E-state index in [1.54, 1.807) is 6.20 Å². The van der Waals surface area contributed by atoms with Gasteiger partial charge in [-0.3, -0.25) is 4.68 Å². The molecule has 1 aromatic heterocycles. The number of likely N-dealkylation sites (N-methyl/N-ethyl adjacent to an activating group) is 2. The Bertz CT molecular complexity index is 448. The third-order valence-corrected chi connectivity index (χ3v) is 4.68. The summed E-state index contributed by atoms with van der Waals surface area (Å²) in [6, 6.07) is 0.629. The Morgan fingerprint density at radius 1 is 1.40 bits per heavy atom. The SMILES string of the molecule is CC(C)n1ncc(Br)c1C(O)CC1CN(C)CCN1C. The third-order valence-electron chi connectivity index (χ3n) is 4.07. The molecule has 5 nitrogen and oxygen atoms in total. The zero-order chi connectivity index (χ0) is 14.9. The lowest BCUT2D eigenvalue weighted by Gasteiger charge is -2.38. The highest BCUT2D eigenvalue weighted by atomic mass is 79.9. The molecule has 0 spiro atoms. The Morgan fingerprint density at radius 3 is 2.75 bits per heavy atom. The van der Waals surface area contributed by atoms with E-state index in [1.807, 2.05) is 4.68 Å². The Kier molecular flexibility index (Phi) is 5.23. The average Bonchev–Trinajstić information content (AvgIpc) is 2.76. The standard InChI is InChI=1S/C14H25BrN4O/c1-10(2)19-14(12(15)8-16-19)13(20)7-11-9-17(3)5-6-18(11)4/h8,10-11,13,20H,5-7,9H2,1-4H3. The molecule has 0 saturated carbocycles. The molecule has 1 saturated heterocycles. The van der Waals surface area contributed by atoms with Crippen LogP contribution in [0.3, 0.4) is 0 Å². The van der Waals surface area contributed by atoms with Crippen molar-refractivity contribution in [3.05, 3.63) is 16.4 Å². The van der Waals surface area contributed by atoms with Crippen molar-refractivity contribution in [2.45, 2.75) is 38.5 Å². The molecular formula is C14H25BrN4O. The average molecular weight is 345 g/mol. The second kappa shape index (κ2) is 6.56. The van der Waals surface area contributed by atoms with Crippen LogP contribution in [0.4, 0.5) is 0 Å². The van der Waals surface area contributed by atoms with Gasteiger partial charge in [0.05, 0.1) is 22.5 Å². The fourth-order valence-corrected chi connectivity index (χ4v) is 3.34. The molecule has 2 rings (SSSR count). The van der Waals surface area contributed by atoms with Crippen molar-refractivity contribution in [1.29, 1.82) is 0 Å². The fraction of sp³-hybridized carbons (Fsp3) is 0.786. The van der Waals surface area contributed by atoms with Gasteiger partial charge in [0.1, 0.15) is 0 Å². The summed E-state index contributed by atoms with van der Waals surface area (Å²) in [6.45, 7) is 7.31. The van der Waals surface area contributed by atoms with Gasteiger partial charge in [-0.25, -0.2) is 0 Å². The van der Waals surface area contributed by atoms with Gasteiger partial charge >= 0.3 is 0 Å². The van der Waals surface area contributed by atoms with Crippen molar-refractivity contribution in [1.82, 2.24) is 19.6 Å². The van der Waals surface area contributed by atoms with Gasteiger partial charge < -0.3 is 14.9 Å². The number of aromatic nitrogens is 2. The van der Waals surface area contributed by atoms with E-state index < -0.39 is 6.10 Å². The lowest BCUT2D eigenvalue weighted by Crippen LogP contribution is -2.50. The molecular weight excluding hydrogens is 320 g/mol. The molecule has 0 aromatic carbocycles. The van der Waals surface area contributed by atoms with Crippen LogP contribution in [-0.2, 0) is 0 Å². The maximum Gasteiger partial charge on any atom is 0.0983 e. The van der Waals surface area contributed by atoms with Crippen molar-refractivity contribution >= 4 is 15.9 Å². The molecule has 114 valence electrons. The number of hydrogen-bond acceptors (Lipinski definition) is 4. The Labute approximate surface area is 129 Å². The fourth-order valence-electron chi connectivity index (χ4n) is 2.80. The molecule has 2 unspecified atom stereocenters. The first kappa shape index (κ1) is 15.9. The number of aliphatic hydroxyl groups is 1. The minimum absolute atomic E-state index is 0.248. The topological polar surface area (TPSA) is 44.5 Å². The van der Waals surface area contributed by atoms with Gasteiger partial charge in [-0.1, -0.05) is 0 Å². The van der Waals surface area contributed by atoms with Gasteiger partial charge in [0.15, 0.2) is 0 Å². The second-order valence-electron chi connectivity index (χ2n) is 6.06. The molecule has 0 bridgehead atoms. The molecule has 1 aliphatic heterocycles. The number of halogens is 1. The highest BCUT2D eigenvalue weighted by Crippen LogP contribution is 2.30. The Hall–Kier alpha value is -0.430. The lowest BCUT2D eigenvalue weighted by molar-refractivity contribution is 0.0593. The van der Waals surface area contributed by atoms with E-state index in [2.05, 4.69) is 58.8 Å². The van der Waals surface area contributed by atoms with E-state index in [4.69, 9.17) is 0 Å². The molecule has 1 aliphatic rings. The first-order valence-corrected chi connectivity index (χ1v) is 7.99. The van der Waals surface area contributed by atoms with Crippen LogP contribution in [0.25, 0.3) is 0 Å². The molecule has 0 aliphatic carbocycles. The summed E-state index contributed by atoms with van der Waals surface area (Å²) in [4.78, 5) is 4.67. The van der Waals surface area contributed by atoms with Crippen LogP contribution in [0.2, 0.25) is 0 Å². The summed E-state index contributed by atoms with van der Waals surface area (Å²) in [7, 11) is 4.28. The number of hydrogen-bond donors (Lipinski definition) is 1. The summed E-state index contributed by atoms with van der Waals surface area (Å²) in [5.41, 5.74) is 0.890. The number of nitrogens with zero attached hydrogens (tertiary/aromatic N) is 4. The van der Waals surface area contributed by atoms with Gasteiger partial charge in [0, 0.05) is 31.7 Å². The predicted molar refractivity (Wildman–Crippen MR) is 83.8 cm³/mol. The van der Waals surface area contributed by atoms with E-state index in [1.165, 1.54) is 0 Å². The van der Waals surface area contributed by atoms with Crippen molar-refractivity contribution < 1.29 is 5.11 Å². The number of aliphatic hydroxyl groups excluding tert-OH is 1. The van der Waals surface area contributed by atoms with Crippen LogP contribution in [-0.4, -0.2) is 64.5 Å². The summed E-state index contributed by atoms with van der Waals surface area (Å²) in [6.07, 6.45) is 2.01. The van der Waals surface area contributed by atoms with E-state index >= 15 is 0 Å². The zero-order valence-electron chi connectivity index (χ0n) is 12.8. The molecule has 1 N–H and O–H groups in total. The maximum absolute atomic E-state index is 10.6. The Balaban J connectivity index is 2.11. The minimum Gasteiger partial charge on any atom is -0.387 e. The highest BCUT2D eigenvalue weighted by Gasteiger charge is 2.28. The first-order chi connectivity index (χ1) is 9.40. The quantitative estimate of drug-likeness (QED) is 0.905. The van der Waals surface area contributed by atoms with Crippen LogP contribution in [0, 0.1) is 0 Å². The molecule has 1 fully saturated rings. The molecule has 0 radical (unpaired) electrons. The Morgan fingerprint density at radius 2 is 2.10 bits per heavy atom. The van der Waals surface area contributed by atoms with Gasteiger partial charge in [-0.05, 0) is 50.3 Å². The van der Waals surface area contributed by atoms with Crippen molar-refractivity contribution in [3.8, 4) is 0 Å². The normalized spacial score (nSPS) is 23.4. The molecule has 6 heteroatoms. The van der Waals surface area contributed by atoms with Gasteiger partial charge in [-0.15, -0.1) is 0 Å². The summed E-state index contributed by atoms with van der Waals surface area (Å²) in [5.74, 6) is 0. The largest absolute Gasteiger partial charge is 0.387 e. The van der Waals surface area contributed by atoms with E-state index in [0.29, 0.717) is 6.04 Å². The summed E-state index contributed by atoms with van der Waals surface area (Å²) in [5, 5.41) is 15.0. The predicted octanol–water partition coefficient (Wildman–Crippen LogP) is 1.90. The summed E-state index contributed by atoms with van der Waals surface area (Å²) >= 11 is 3.51. The van der Waals surface area contributed by atoms with E-state index in [9.17, 15) is 5.11 Å². The van der Waals surface area contributed by atoms with Crippen molar-refractivity contribution in [2.24, 2.45) is 0 Å². The van der Waals surface area contributed by atoms with Crippen molar-refractivity contribution in [2.75, 3.05) is 33.7 Å². The molecule has 20 heavy (non-hydrogen) atoms. The lowest BCUT2D eigenvalue weighted by atomic mass is 10.0. The van der Waals surface area contributed by atoms with Crippen LogP contribution in [0.1, 0.15) is 38.1 Å². The molecule has 1 aromatic rings. The van der Waals surface area contributed by atoms with Gasteiger partial charge in [0.2, 0.25) is 0 Å². The maximum atomic E-state index is 10.6. The smallest absolute Gasteiger partial charge is 0.0983 e. The minimum atomic E-state index is -0.492. The highest BCUT2D eigenvalue weighted by molar-refractivity contribution is 9.10. The summed E-state index contributed by atoms with van der Waals surface area (Å²) < 4.78 is 2.80. The molecule has 0 amide bonds. The molecule has 2 atom stereocenters. The van der Waals surface area contributed by atoms with Crippen LogP contribution in [0.5, 0.6) is 0 Å². The van der Waals surface area contributed by atoms with Crippen LogP contribution >= 0.6 is 15.9 Å². The molecule has 2 heterocycles. The van der Waals surface area contributed by atoms with Crippen molar-refractivity contribution in [3.63, 3.8) is 0 Å². The monoisotopic (exact) mass is 344 g/mol. The number of piperazine rings is 1. The van der Waals surface area contributed by atoms with E-state index in [-0.39, 0.29) is 6.04 Å². The number of rotatable bonds is 4. The van der Waals surface area contributed by atoms with Crippen LogP contribution < -0.4 is 0 Å². The van der Waals surface area contributed by atoms with Gasteiger partial charge in [0.25, 0.3) is 0 Å². The third kappa shape index (κ3) is 3.42. The zero-order valence-corrected chi connectivity index (χ0v) is 14.3. The first-order valence-electron chi connectivity index (χ1n) is 7.20. The van der Waals surface area contributed by atoms with Gasteiger partial charge in [-0.2, -0.15) is 5.10 Å².